The molecule has 0 aliphatic carbocycles. The fourth-order valence-electron chi connectivity index (χ4n) is 2.82. The van der Waals surface area contributed by atoms with Gasteiger partial charge in [0.15, 0.2) is 0 Å². The Morgan fingerprint density at radius 1 is 1.25 bits per heavy atom. The van der Waals surface area contributed by atoms with Crippen molar-refractivity contribution < 1.29 is 9.84 Å². The SMILES string of the molecule is COc1cccc(-n2nc3c4cc(CO)ccc4[nH]cc-3c2=O)c1. The lowest BCUT2D eigenvalue weighted by atomic mass is 10.1. The summed E-state index contributed by atoms with van der Waals surface area (Å²) in [5, 5.41) is 14.7. The van der Waals surface area contributed by atoms with Crippen molar-refractivity contribution in [3.63, 3.8) is 0 Å². The summed E-state index contributed by atoms with van der Waals surface area (Å²) in [6.07, 6.45) is 1.67. The van der Waals surface area contributed by atoms with E-state index in [1.165, 1.54) is 4.68 Å². The maximum atomic E-state index is 12.7. The van der Waals surface area contributed by atoms with Gasteiger partial charge < -0.3 is 14.8 Å². The molecule has 24 heavy (non-hydrogen) atoms. The van der Waals surface area contributed by atoms with E-state index < -0.39 is 0 Å². The highest BCUT2D eigenvalue weighted by molar-refractivity contribution is 5.93. The van der Waals surface area contributed by atoms with Crippen LogP contribution in [0.25, 0.3) is 27.8 Å². The highest BCUT2D eigenvalue weighted by Crippen LogP contribution is 2.27. The van der Waals surface area contributed by atoms with Crippen LogP contribution in [-0.2, 0) is 6.61 Å². The molecule has 2 aliphatic heterocycles. The number of methoxy groups -OCH3 is 1. The van der Waals surface area contributed by atoms with Crippen LogP contribution in [-0.4, -0.2) is 27.0 Å². The number of nitrogens with zero attached hydrogens (tertiary/aromatic N) is 2. The van der Waals surface area contributed by atoms with Crippen LogP contribution in [0.2, 0.25) is 0 Å². The van der Waals surface area contributed by atoms with Gasteiger partial charge in [0.25, 0.3) is 5.56 Å². The fourth-order valence-corrected chi connectivity index (χ4v) is 2.82. The molecule has 2 heterocycles. The van der Waals surface area contributed by atoms with Crippen molar-refractivity contribution in [2.45, 2.75) is 6.61 Å². The number of ether oxygens (including phenoxy) is 1. The minimum Gasteiger partial charge on any atom is -0.497 e. The molecule has 0 atom stereocenters. The number of H-pyrrole nitrogens is 1. The molecular formula is C18H15N3O3. The Balaban J connectivity index is 2.00. The van der Waals surface area contributed by atoms with Crippen LogP contribution in [0.15, 0.2) is 53.5 Å². The molecule has 4 rings (SSSR count). The molecule has 0 spiro atoms. The molecule has 2 aromatic rings. The fraction of sp³-hybridized carbons (Fsp3) is 0.111. The second-order valence-electron chi connectivity index (χ2n) is 5.51. The monoisotopic (exact) mass is 321 g/mol. The Kier molecular flexibility index (Phi) is 3.32. The zero-order valence-corrected chi connectivity index (χ0v) is 13.0. The van der Waals surface area contributed by atoms with Crippen LogP contribution < -0.4 is 10.3 Å². The first-order valence-electron chi connectivity index (χ1n) is 7.49. The molecule has 0 fully saturated rings. The lowest BCUT2D eigenvalue weighted by molar-refractivity contribution is 0.282. The van der Waals surface area contributed by atoms with Gasteiger partial charge in [0.2, 0.25) is 0 Å². The Labute approximate surface area is 137 Å². The van der Waals surface area contributed by atoms with Crippen molar-refractivity contribution >= 4 is 10.9 Å². The van der Waals surface area contributed by atoms with Crippen LogP contribution in [0, 0.1) is 0 Å². The first-order valence-corrected chi connectivity index (χ1v) is 7.49. The maximum Gasteiger partial charge on any atom is 0.282 e. The van der Waals surface area contributed by atoms with Crippen LogP contribution in [0.4, 0.5) is 0 Å². The standard InChI is InChI=1S/C18H15N3O3/c1-24-13-4-2-3-12(8-13)21-18(23)15-9-19-16-6-5-11(10-22)7-14(16)17(15)20-21/h2-9,19,22H,10H2,1H3. The van der Waals surface area contributed by atoms with E-state index in [1.807, 2.05) is 30.3 Å². The Hall–Kier alpha value is -3.12. The van der Waals surface area contributed by atoms with E-state index in [9.17, 15) is 9.90 Å². The predicted molar refractivity (Wildman–Crippen MR) is 90.8 cm³/mol. The molecule has 2 N–H and O–H groups in total. The van der Waals surface area contributed by atoms with Crippen LogP contribution in [0.5, 0.6) is 5.75 Å². The van der Waals surface area contributed by atoms with Gasteiger partial charge in [-0.3, -0.25) is 4.79 Å². The molecule has 2 aliphatic rings. The number of nitrogens with one attached hydrogen (secondary N) is 1. The van der Waals surface area contributed by atoms with E-state index in [0.717, 1.165) is 16.5 Å². The van der Waals surface area contributed by atoms with Gasteiger partial charge in [-0.1, -0.05) is 12.1 Å². The van der Waals surface area contributed by atoms with Gasteiger partial charge in [-0.25, -0.2) is 0 Å². The van der Waals surface area contributed by atoms with E-state index in [1.54, 1.807) is 25.4 Å². The molecule has 6 nitrogen and oxygen atoms in total. The normalized spacial score (nSPS) is 11.2. The number of aromatic amines is 1. The number of rotatable bonds is 3. The van der Waals surface area contributed by atoms with E-state index in [2.05, 4.69) is 10.1 Å². The zero-order valence-electron chi connectivity index (χ0n) is 13.0. The number of aromatic nitrogens is 3. The summed E-state index contributed by atoms with van der Waals surface area (Å²) >= 11 is 0. The van der Waals surface area contributed by atoms with Crippen LogP contribution >= 0.6 is 0 Å². The van der Waals surface area contributed by atoms with E-state index >= 15 is 0 Å². The topological polar surface area (TPSA) is 80.1 Å². The van der Waals surface area contributed by atoms with Gasteiger partial charge in [-0.15, -0.1) is 0 Å². The molecule has 0 saturated heterocycles. The summed E-state index contributed by atoms with van der Waals surface area (Å²) in [6, 6.07) is 12.7. The smallest absolute Gasteiger partial charge is 0.282 e. The largest absolute Gasteiger partial charge is 0.497 e. The quantitative estimate of drug-likeness (QED) is 0.607. The molecule has 0 bridgehead atoms. The van der Waals surface area contributed by atoms with Crippen molar-refractivity contribution in [2.24, 2.45) is 0 Å². The number of hydrogen-bond acceptors (Lipinski definition) is 4. The molecule has 0 aromatic heterocycles. The number of aliphatic hydroxyl groups excluding tert-OH is 1. The highest BCUT2D eigenvalue weighted by Gasteiger charge is 2.19. The molecule has 0 unspecified atom stereocenters. The van der Waals surface area contributed by atoms with Gasteiger partial charge >= 0.3 is 0 Å². The van der Waals surface area contributed by atoms with Gasteiger partial charge in [0.1, 0.15) is 11.4 Å². The van der Waals surface area contributed by atoms with Crippen molar-refractivity contribution in [3.8, 4) is 22.7 Å². The van der Waals surface area contributed by atoms with Crippen molar-refractivity contribution in [2.75, 3.05) is 7.11 Å². The third-order valence-corrected chi connectivity index (χ3v) is 4.07. The second-order valence-corrected chi connectivity index (χ2v) is 5.51. The zero-order chi connectivity index (χ0) is 16.7. The Morgan fingerprint density at radius 2 is 2.12 bits per heavy atom. The summed E-state index contributed by atoms with van der Waals surface area (Å²) in [5.74, 6) is 0.658. The average Bonchev–Trinajstić information content (AvgIpc) is 2.98. The van der Waals surface area contributed by atoms with Crippen molar-refractivity contribution in [3.05, 3.63) is 64.6 Å². The average molecular weight is 321 g/mol. The molecule has 6 heteroatoms. The number of benzene rings is 2. The Morgan fingerprint density at radius 3 is 2.92 bits per heavy atom. The summed E-state index contributed by atoms with van der Waals surface area (Å²) < 4.78 is 6.58. The summed E-state index contributed by atoms with van der Waals surface area (Å²) in [6.45, 7) is -0.0623. The predicted octanol–water partition coefficient (Wildman–Crippen LogP) is 2.32. The third kappa shape index (κ3) is 2.16. The summed E-state index contributed by atoms with van der Waals surface area (Å²) in [4.78, 5) is 15.8. The van der Waals surface area contributed by atoms with Crippen molar-refractivity contribution in [1.82, 2.24) is 14.8 Å². The maximum absolute atomic E-state index is 12.7. The highest BCUT2D eigenvalue weighted by atomic mass is 16.5. The third-order valence-electron chi connectivity index (χ3n) is 4.07. The van der Waals surface area contributed by atoms with Gasteiger partial charge in [-0.05, 0) is 29.8 Å². The lowest BCUT2D eigenvalue weighted by Crippen LogP contribution is -2.14. The number of fused-ring (bicyclic) bond motifs is 3. The van der Waals surface area contributed by atoms with Crippen LogP contribution in [0.1, 0.15) is 5.56 Å². The molecule has 0 amide bonds. The first kappa shape index (κ1) is 14.5. The second kappa shape index (κ2) is 5.50. The minimum absolute atomic E-state index is 0.0623. The number of aliphatic hydroxyl groups is 1. The molecule has 2 aromatic carbocycles. The Bertz CT molecular complexity index is 1060. The number of hydrogen-bond donors (Lipinski definition) is 2. The van der Waals surface area contributed by atoms with E-state index in [0.29, 0.717) is 22.7 Å². The number of pyridine rings is 1. The van der Waals surface area contributed by atoms with E-state index in [-0.39, 0.29) is 12.2 Å². The van der Waals surface area contributed by atoms with Gasteiger partial charge in [0, 0.05) is 23.2 Å². The summed E-state index contributed by atoms with van der Waals surface area (Å²) in [7, 11) is 1.58. The van der Waals surface area contributed by atoms with E-state index in [4.69, 9.17) is 4.74 Å². The summed E-state index contributed by atoms with van der Waals surface area (Å²) in [5.41, 5.74) is 3.17. The van der Waals surface area contributed by atoms with Gasteiger partial charge in [-0.2, -0.15) is 9.78 Å². The molecule has 120 valence electrons. The molecular weight excluding hydrogens is 306 g/mol. The van der Waals surface area contributed by atoms with Crippen molar-refractivity contribution in [1.29, 1.82) is 0 Å². The first-order chi connectivity index (χ1) is 11.7. The minimum atomic E-state index is -0.203. The van der Waals surface area contributed by atoms with Gasteiger partial charge in [0.05, 0.1) is 25.0 Å². The lowest BCUT2D eigenvalue weighted by Gasteiger charge is -2.04. The molecule has 0 saturated carbocycles. The molecule has 0 radical (unpaired) electrons. The van der Waals surface area contributed by atoms with Crippen LogP contribution in [0.3, 0.4) is 0 Å².